The predicted molar refractivity (Wildman–Crippen MR) is 81.9 cm³/mol. The normalized spacial score (nSPS) is 21.3. The minimum Gasteiger partial charge on any atom is -0.381 e. The molecule has 0 amide bonds. The first-order valence-electron chi connectivity index (χ1n) is 8.07. The first kappa shape index (κ1) is 15.5. The molecular formula is C16H29N3O. The Kier molecular flexibility index (Phi) is 6.05. The Balaban J connectivity index is 1.96. The van der Waals surface area contributed by atoms with Crippen molar-refractivity contribution >= 4 is 0 Å². The highest BCUT2D eigenvalue weighted by Crippen LogP contribution is 2.21. The lowest BCUT2D eigenvalue weighted by Crippen LogP contribution is -2.40. The van der Waals surface area contributed by atoms with Gasteiger partial charge in [0.05, 0.1) is 18.3 Å². The van der Waals surface area contributed by atoms with Crippen LogP contribution >= 0.6 is 0 Å². The van der Waals surface area contributed by atoms with E-state index >= 15 is 0 Å². The van der Waals surface area contributed by atoms with Crippen molar-refractivity contribution in [3.8, 4) is 0 Å². The summed E-state index contributed by atoms with van der Waals surface area (Å²) in [5, 5.41) is 8.23. The topological polar surface area (TPSA) is 39.1 Å². The van der Waals surface area contributed by atoms with E-state index in [1.807, 2.05) is 0 Å². The molecule has 1 fully saturated rings. The van der Waals surface area contributed by atoms with Gasteiger partial charge in [0, 0.05) is 25.3 Å². The van der Waals surface area contributed by atoms with Crippen LogP contribution < -0.4 is 5.32 Å². The lowest BCUT2D eigenvalue weighted by Gasteiger charge is -2.29. The van der Waals surface area contributed by atoms with Gasteiger partial charge in [-0.2, -0.15) is 5.10 Å². The van der Waals surface area contributed by atoms with E-state index in [4.69, 9.17) is 9.84 Å². The van der Waals surface area contributed by atoms with E-state index in [1.165, 1.54) is 18.5 Å². The molecule has 2 atom stereocenters. The maximum Gasteiger partial charge on any atom is 0.0640 e. The molecule has 20 heavy (non-hydrogen) atoms. The van der Waals surface area contributed by atoms with Gasteiger partial charge in [-0.3, -0.25) is 4.68 Å². The highest BCUT2D eigenvalue weighted by molar-refractivity contribution is 5.03. The Bertz CT molecular complexity index is 381. The molecule has 2 heterocycles. The van der Waals surface area contributed by atoms with Crippen molar-refractivity contribution in [2.75, 3.05) is 20.3 Å². The van der Waals surface area contributed by atoms with Gasteiger partial charge in [-0.25, -0.2) is 0 Å². The van der Waals surface area contributed by atoms with Gasteiger partial charge in [0.25, 0.3) is 0 Å². The summed E-state index contributed by atoms with van der Waals surface area (Å²) in [5.41, 5.74) is 1.20. The number of nitrogens with one attached hydrogen (secondary N) is 1. The second-order valence-corrected chi connectivity index (χ2v) is 5.83. The summed E-state index contributed by atoms with van der Waals surface area (Å²) < 4.78 is 7.75. The summed E-state index contributed by atoms with van der Waals surface area (Å²) in [6.07, 6.45) is 7.87. The van der Waals surface area contributed by atoms with Crippen molar-refractivity contribution < 1.29 is 4.74 Å². The van der Waals surface area contributed by atoms with Crippen LogP contribution in [0.3, 0.4) is 0 Å². The summed E-state index contributed by atoms with van der Waals surface area (Å²) >= 11 is 0. The quantitative estimate of drug-likeness (QED) is 0.834. The second-order valence-electron chi connectivity index (χ2n) is 5.83. The molecule has 1 aliphatic heterocycles. The van der Waals surface area contributed by atoms with Crippen molar-refractivity contribution in [1.29, 1.82) is 0 Å². The van der Waals surface area contributed by atoms with Gasteiger partial charge in [-0.15, -0.1) is 0 Å². The summed E-state index contributed by atoms with van der Waals surface area (Å²) in [6.45, 7) is 6.27. The zero-order chi connectivity index (χ0) is 14.4. The van der Waals surface area contributed by atoms with Gasteiger partial charge in [-0.1, -0.05) is 13.8 Å². The maximum atomic E-state index is 5.62. The predicted octanol–water partition coefficient (Wildman–Crippen LogP) is 2.80. The summed E-state index contributed by atoms with van der Waals surface area (Å²) in [5.74, 6) is 0.618. The molecule has 0 saturated carbocycles. The van der Waals surface area contributed by atoms with Crippen LogP contribution in [-0.4, -0.2) is 36.1 Å². The van der Waals surface area contributed by atoms with Crippen molar-refractivity contribution in [2.45, 2.75) is 58.0 Å². The number of hydrogen-bond donors (Lipinski definition) is 1. The number of ether oxygens (including phenoxy) is 1. The average Bonchev–Trinajstić information content (AvgIpc) is 2.95. The molecule has 0 bridgehead atoms. The van der Waals surface area contributed by atoms with E-state index in [2.05, 4.69) is 43.2 Å². The largest absolute Gasteiger partial charge is 0.381 e. The third-order valence-corrected chi connectivity index (χ3v) is 4.54. The molecule has 1 N–H and O–H groups in total. The van der Waals surface area contributed by atoms with Crippen molar-refractivity contribution in [3.05, 3.63) is 18.0 Å². The van der Waals surface area contributed by atoms with Gasteiger partial charge in [0.2, 0.25) is 0 Å². The molecule has 0 spiro atoms. The van der Waals surface area contributed by atoms with Crippen molar-refractivity contribution in [2.24, 2.45) is 5.92 Å². The minimum atomic E-state index is 0.473. The van der Waals surface area contributed by atoms with Gasteiger partial charge in [-0.05, 0) is 44.7 Å². The lowest BCUT2D eigenvalue weighted by molar-refractivity contribution is 0.0403. The number of hydrogen-bond acceptors (Lipinski definition) is 3. The van der Waals surface area contributed by atoms with Crippen LogP contribution in [0.1, 0.15) is 51.3 Å². The summed E-state index contributed by atoms with van der Waals surface area (Å²) in [7, 11) is 2.05. The van der Waals surface area contributed by atoms with Crippen LogP contribution in [-0.2, 0) is 11.2 Å². The Morgan fingerprint density at radius 1 is 1.45 bits per heavy atom. The zero-order valence-corrected chi connectivity index (χ0v) is 13.1. The fourth-order valence-electron chi connectivity index (χ4n) is 3.17. The monoisotopic (exact) mass is 279 g/mol. The van der Waals surface area contributed by atoms with Crippen LogP contribution in [0.15, 0.2) is 12.3 Å². The molecule has 2 rings (SSSR count). The van der Waals surface area contributed by atoms with Gasteiger partial charge in [0.15, 0.2) is 0 Å². The molecule has 2 unspecified atom stereocenters. The van der Waals surface area contributed by atoms with E-state index in [1.54, 1.807) is 0 Å². The van der Waals surface area contributed by atoms with Gasteiger partial charge >= 0.3 is 0 Å². The Morgan fingerprint density at radius 3 is 2.85 bits per heavy atom. The van der Waals surface area contributed by atoms with Crippen LogP contribution in [0.2, 0.25) is 0 Å². The third-order valence-electron chi connectivity index (χ3n) is 4.54. The third kappa shape index (κ3) is 3.83. The number of aromatic nitrogens is 2. The van der Waals surface area contributed by atoms with E-state index < -0.39 is 0 Å². The van der Waals surface area contributed by atoms with Crippen molar-refractivity contribution in [3.63, 3.8) is 0 Å². The lowest BCUT2D eigenvalue weighted by atomic mass is 9.91. The van der Waals surface area contributed by atoms with Crippen LogP contribution in [0.5, 0.6) is 0 Å². The van der Waals surface area contributed by atoms with Crippen molar-refractivity contribution in [1.82, 2.24) is 15.1 Å². The summed E-state index contributed by atoms with van der Waals surface area (Å²) in [6, 6.07) is 3.18. The first-order chi connectivity index (χ1) is 9.78. The molecule has 1 saturated heterocycles. The number of nitrogens with zero attached hydrogens (tertiary/aromatic N) is 2. The van der Waals surface area contributed by atoms with E-state index in [0.717, 1.165) is 32.5 Å². The average molecular weight is 279 g/mol. The standard InChI is InChI=1S/C16H29N3O/c1-4-15(5-2)19-9-8-14(18-19)11-16(17-3)13-7-6-10-20-12-13/h8-9,13,15-17H,4-7,10-12H2,1-3H3. The Hall–Kier alpha value is -0.870. The van der Waals surface area contributed by atoms with Crippen LogP contribution in [0.25, 0.3) is 0 Å². The molecule has 1 aliphatic rings. The number of likely N-dealkylation sites (N-methyl/N-ethyl adjacent to an activating group) is 1. The second kappa shape index (κ2) is 7.79. The van der Waals surface area contributed by atoms with Crippen LogP contribution in [0, 0.1) is 5.92 Å². The van der Waals surface area contributed by atoms with E-state index in [0.29, 0.717) is 18.0 Å². The maximum absolute atomic E-state index is 5.62. The fourth-order valence-corrected chi connectivity index (χ4v) is 3.17. The molecule has 4 nitrogen and oxygen atoms in total. The van der Waals surface area contributed by atoms with Gasteiger partial charge < -0.3 is 10.1 Å². The zero-order valence-electron chi connectivity index (χ0n) is 13.1. The van der Waals surface area contributed by atoms with E-state index in [-0.39, 0.29) is 0 Å². The number of rotatable bonds is 7. The molecule has 114 valence electrons. The molecule has 4 heteroatoms. The summed E-state index contributed by atoms with van der Waals surface area (Å²) in [4.78, 5) is 0. The molecule has 0 aromatic carbocycles. The smallest absolute Gasteiger partial charge is 0.0640 e. The molecule has 0 aliphatic carbocycles. The van der Waals surface area contributed by atoms with Gasteiger partial charge in [0.1, 0.15) is 0 Å². The fraction of sp³-hybridized carbons (Fsp3) is 0.812. The molecular weight excluding hydrogens is 250 g/mol. The molecule has 1 aromatic rings. The van der Waals surface area contributed by atoms with E-state index in [9.17, 15) is 0 Å². The highest BCUT2D eigenvalue weighted by Gasteiger charge is 2.24. The van der Waals surface area contributed by atoms with Crippen LogP contribution in [0.4, 0.5) is 0 Å². The highest BCUT2D eigenvalue weighted by atomic mass is 16.5. The first-order valence-corrected chi connectivity index (χ1v) is 8.07. The molecule has 0 radical (unpaired) electrons. The minimum absolute atomic E-state index is 0.473. The molecule has 1 aromatic heterocycles. The Labute approximate surface area is 122 Å². The SMILES string of the molecule is CCC(CC)n1ccc(CC(NC)C2CCCOC2)n1. The Morgan fingerprint density at radius 2 is 2.25 bits per heavy atom.